The second-order valence-electron chi connectivity index (χ2n) is 5.83. The number of hydrogen-bond donors (Lipinski definition) is 3. The maximum atomic E-state index is 12.1. The number of carbonyl (C=O) groups excluding carboxylic acids is 2. The predicted molar refractivity (Wildman–Crippen MR) is 73.0 cm³/mol. The van der Waals surface area contributed by atoms with Crippen LogP contribution in [-0.2, 0) is 9.59 Å². The van der Waals surface area contributed by atoms with Crippen LogP contribution in [0.2, 0.25) is 0 Å². The van der Waals surface area contributed by atoms with Crippen molar-refractivity contribution in [1.29, 1.82) is 0 Å². The molecule has 1 saturated heterocycles. The molecule has 114 valence electrons. The van der Waals surface area contributed by atoms with Crippen LogP contribution in [0.3, 0.4) is 0 Å². The SMILES string of the molecule is CC1(C)CCCN(C(=O)NCCCC(N)=O)C1C(=O)O. The van der Waals surface area contributed by atoms with Gasteiger partial charge in [-0.15, -0.1) is 0 Å². The number of carbonyl (C=O) groups is 3. The fraction of sp³-hybridized carbons (Fsp3) is 0.769. The molecule has 1 rings (SSSR count). The molecular formula is C13H23N3O4. The first kappa shape index (κ1) is 16.3. The molecule has 0 saturated carbocycles. The predicted octanol–water partition coefficient (Wildman–Crippen LogP) is 0.537. The first-order chi connectivity index (χ1) is 9.25. The minimum Gasteiger partial charge on any atom is -0.480 e. The molecule has 3 amide bonds. The normalized spacial score (nSPS) is 21.3. The summed E-state index contributed by atoms with van der Waals surface area (Å²) in [5.74, 6) is -1.40. The number of amides is 3. The number of carboxylic acid groups (broad SMARTS) is 1. The first-order valence-corrected chi connectivity index (χ1v) is 6.81. The molecule has 0 bridgehead atoms. The Balaban J connectivity index is 2.60. The molecule has 1 fully saturated rings. The lowest BCUT2D eigenvalue weighted by atomic mass is 9.76. The van der Waals surface area contributed by atoms with E-state index in [1.165, 1.54) is 4.90 Å². The molecule has 0 aromatic carbocycles. The molecule has 0 aliphatic carbocycles. The molecule has 1 aliphatic heterocycles. The highest BCUT2D eigenvalue weighted by atomic mass is 16.4. The molecule has 4 N–H and O–H groups in total. The third kappa shape index (κ3) is 4.11. The Morgan fingerprint density at radius 3 is 2.60 bits per heavy atom. The minimum atomic E-state index is -0.984. The van der Waals surface area contributed by atoms with Gasteiger partial charge in [0.05, 0.1) is 0 Å². The van der Waals surface area contributed by atoms with Crippen molar-refractivity contribution >= 4 is 17.9 Å². The summed E-state index contributed by atoms with van der Waals surface area (Å²) in [5, 5.41) is 12.0. The number of nitrogens with two attached hydrogens (primary N) is 1. The molecule has 0 radical (unpaired) electrons. The van der Waals surface area contributed by atoms with Gasteiger partial charge in [0.2, 0.25) is 5.91 Å². The van der Waals surface area contributed by atoms with Crippen LogP contribution in [0.25, 0.3) is 0 Å². The lowest BCUT2D eigenvalue weighted by Crippen LogP contribution is -2.58. The van der Waals surface area contributed by atoms with Crippen molar-refractivity contribution in [1.82, 2.24) is 10.2 Å². The van der Waals surface area contributed by atoms with Crippen LogP contribution in [0, 0.1) is 5.41 Å². The summed E-state index contributed by atoms with van der Waals surface area (Å²) in [6.07, 6.45) is 2.21. The molecule has 0 aromatic heterocycles. The summed E-state index contributed by atoms with van der Waals surface area (Å²) in [6, 6.07) is -1.22. The third-order valence-corrected chi connectivity index (χ3v) is 3.64. The highest BCUT2D eigenvalue weighted by Gasteiger charge is 2.44. The monoisotopic (exact) mass is 285 g/mol. The Kier molecular flexibility index (Phi) is 5.35. The summed E-state index contributed by atoms with van der Waals surface area (Å²) in [5.41, 5.74) is 4.56. The van der Waals surface area contributed by atoms with Gasteiger partial charge in [-0.2, -0.15) is 0 Å². The number of rotatable bonds is 5. The number of urea groups is 1. The summed E-state index contributed by atoms with van der Waals surface area (Å²) < 4.78 is 0. The van der Waals surface area contributed by atoms with Crippen molar-refractivity contribution in [3.05, 3.63) is 0 Å². The number of likely N-dealkylation sites (tertiary alicyclic amines) is 1. The number of carboxylic acids is 1. The molecule has 1 atom stereocenters. The minimum absolute atomic E-state index is 0.203. The van der Waals surface area contributed by atoms with E-state index in [1.807, 2.05) is 13.8 Å². The van der Waals surface area contributed by atoms with Gasteiger partial charge in [0.1, 0.15) is 6.04 Å². The van der Waals surface area contributed by atoms with Crippen LogP contribution in [0.5, 0.6) is 0 Å². The molecule has 1 aliphatic rings. The number of piperidine rings is 1. The van der Waals surface area contributed by atoms with Gasteiger partial charge in [-0.3, -0.25) is 4.79 Å². The molecule has 20 heavy (non-hydrogen) atoms. The van der Waals surface area contributed by atoms with Gasteiger partial charge in [-0.05, 0) is 24.7 Å². The number of nitrogens with zero attached hydrogens (tertiary/aromatic N) is 1. The summed E-state index contributed by atoms with van der Waals surface area (Å²) in [7, 11) is 0. The Labute approximate surface area is 118 Å². The van der Waals surface area contributed by atoms with E-state index in [0.29, 0.717) is 19.5 Å². The van der Waals surface area contributed by atoms with Crippen molar-refractivity contribution < 1.29 is 19.5 Å². The summed E-state index contributed by atoms with van der Waals surface area (Å²) in [4.78, 5) is 35.5. The lowest BCUT2D eigenvalue weighted by molar-refractivity contribution is -0.148. The van der Waals surface area contributed by atoms with Crippen LogP contribution in [0.1, 0.15) is 39.5 Å². The van der Waals surface area contributed by atoms with E-state index in [4.69, 9.17) is 5.73 Å². The highest BCUT2D eigenvalue weighted by Crippen LogP contribution is 2.35. The summed E-state index contributed by atoms with van der Waals surface area (Å²) in [6.45, 7) is 4.46. The largest absolute Gasteiger partial charge is 0.480 e. The van der Waals surface area contributed by atoms with Crippen LogP contribution < -0.4 is 11.1 Å². The zero-order valence-electron chi connectivity index (χ0n) is 12.0. The quantitative estimate of drug-likeness (QED) is 0.640. The van der Waals surface area contributed by atoms with E-state index in [-0.39, 0.29) is 6.42 Å². The molecule has 1 unspecified atom stereocenters. The van der Waals surface area contributed by atoms with Gasteiger partial charge in [-0.1, -0.05) is 13.8 Å². The Morgan fingerprint density at radius 1 is 1.40 bits per heavy atom. The molecule has 0 spiro atoms. The van der Waals surface area contributed by atoms with E-state index in [9.17, 15) is 19.5 Å². The van der Waals surface area contributed by atoms with Crippen LogP contribution in [0.15, 0.2) is 0 Å². The van der Waals surface area contributed by atoms with E-state index in [1.54, 1.807) is 0 Å². The van der Waals surface area contributed by atoms with Gasteiger partial charge in [0.25, 0.3) is 0 Å². The zero-order chi connectivity index (χ0) is 15.3. The van der Waals surface area contributed by atoms with Gasteiger partial charge >= 0.3 is 12.0 Å². The fourth-order valence-electron chi connectivity index (χ4n) is 2.64. The van der Waals surface area contributed by atoms with Crippen LogP contribution in [-0.4, -0.2) is 47.0 Å². The second-order valence-corrected chi connectivity index (χ2v) is 5.83. The van der Waals surface area contributed by atoms with Gasteiger partial charge in [-0.25, -0.2) is 9.59 Å². The highest BCUT2D eigenvalue weighted by molar-refractivity contribution is 5.83. The van der Waals surface area contributed by atoms with Crippen LogP contribution >= 0.6 is 0 Å². The van der Waals surface area contributed by atoms with Crippen molar-refractivity contribution in [2.75, 3.05) is 13.1 Å². The smallest absolute Gasteiger partial charge is 0.327 e. The van der Waals surface area contributed by atoms with E-state index in [0.717, 1.165) is 12.8 Å². The van der Waals surface area contributed by atoms with Gasteiger partial charge in [0, 0.05) is 19.5 Å². The standard InChI is InChI=1S/C13H23N3O4/c1-13(2)6-4-8-16(10(13)11(18)19)12(20)15-7-3-5-9(14)17/h10H,3-8H2,1-2H3,(H2,14,17)(H,15,20)(H,18,19). The number of hydrogen-bond acceptors (Lipinski definition) is 3. The lowest BCUT2D eigenvalue weighted by Gasteiger charge is -2.43. The first-order valence-electron chi connectivity index (χ1n) is 6.81. The third-order valence-electron chi connectivity index (χ3n) is 3.64. The number of primary amides is 1. The Bertz CT molecular complexity index is 395. The van der Waals surface area contributed by atoms with Crippen molar-refractivity contribution in [2.45, 2.75) is 45.6 Å². The molecule has 7 nitrogen and oxygen atoms in total. The zero-order valence-corrected chi connectivity index (χ0v) is 12.0. The molecule has 0 aromatic rings. The molecular weight excluding hydrogens is 262 g/mol. The van der Waals surface area contributed by atoms with E-state index >= 15 is 0 Å². The van der Waals surface area contributed by atoms with E-state index in [2.05, 4.69) is 5.32 Å². The number of aliphatic carboxylic acids is 1. The molecule has 7 heteroatoms. The average molecular weight is 285 g/mol. The van der Waals surface area contributed by atoms with E-state index < -0.39 is 29.4 Å². The van der Waals surface area contributed by atoms with Gasteiger partial charge < -0.3 is 21.1 Å². The Morgan fingerprint density at radius 2 is 2.05 bits per heavy atom. The second kappa shape index (κ2) is 6.58. The average Bonchev–Trinajstić information content (AvgIpc) is 2.32. The van der Waals surface area contributed by atoms with Crippen molar-refractivity contribution in [3.63, 3.8) is 0 Å². The number of nitrogens with one attached hydrogen (secondary N) is 1. The maximum absolute atomic E-state index is 12.1. The van der Waals surface area contributed by atoms with Crippen molar-refractivity contribution in [2.24, 2.45) is 11.1 Å². The Hall–Kier alpha value is -1.79. The van der Waals surface area contributed by atoms with Crippen LogP contribution in [0.4, 0.5) is 4.79 Å². The maximum Gasteiger partial charge on any atom is 0.327 e. The van der Waals surface area contributed by atoms with Gasteiger partial charge in [0.15, 0.2) is 0 Å². The fourth-order valence-corrected chi connectivity index (χ4v) is 2.64. The molecule has 1 heterocycles. The summed E-state index contributed by atoms with van der Waals surface area (Å²) >= 11 is 0. The topological polar surface area (TPSA) is 113 Å². The van der Waals surface area contributed by atoms with Crippen molar-refractivity contribution in [3.8, 4) is 0 Å².